The topological polar surface area (TPSA) is 94.4 Å². The number of aromatic nitrogens is 1. The molecule has 0 bridgehead atoms. The Balaban J connectivity index is 1.73. The third kappa shape index (κ3) is 4.73. The highest BCUT2D eigenvalue weighted by molar-refractivity contribution is 5.93. The molecule has 1 atom stereocenters. The summed E-state index contributed by atoms with van der Waals surface area (Å²) in [5.41, 5.74) is 4.04. The lowest BCUT2D eigenvalue weighted by molar-refractivity contribution is -0.431. The summed E-state index contributed by atoms with van der Waals surface area (Å²) in [6, 6.07) is 22.8. The fourth-order valence-corrected chi connectivity index (χ4v) is 4.26. The first-order valence-corrected chi connectivity index (χ1v) is 11.0. The molecule has 0 unspecified atom stereocenters. The maximum atomic E-state index is 13.3. The van der Waals surface area contributed by atoms with Gasteiger partial charge in [-0.3, -0.25) is 15.1 Å². The van der Waals surface area contributed by atoms with Crippen molar-refractivity contribution in [3.05, 3.63) is 123 Å². The van der Waals surface area contributed by atoms with Crippen LogP contribution >= 0.6 is 0 Å². The molecule has 2 aromatic carbocycles. The van der Waals surface area contributed by atoms with Crippen molar-refractivity contribution in [2.75, 3.05) is 6.61 Å². The van der Waals surface area contributed by atoms with Crippen LogP contribution in [0.5, 0.6) is 0 Å². The molecule has 0 fully saturated rings. The number of pyridine rings is 1. The number of rotatable bonds is 7. The zero-order chi connectivity index (χ0) is 24.1. The van der Waals surface area contributed by atoms with Gasteiger partial charge in [0.15, 0.2) is 0 Å². The lowest BCUT2D eigenvalue weighted by Crippen LogP contribution is -2.32. The van der Waals surface area contributed by atoms with Gasteiger partial charge in [-0.25, -0.2) is 4.79 Å². The second-order valence-electron chi connectivity index (χ2n) is 8.04. The first-order valence-electron chi connectivity index (χ1n) is 11.0. The number of allylic oxidation sites excluding steroid dienone is 3. The van der Waals surface area contributed by atoms with Crippen LogP contribution < -0.4 is 5.32 Å². The minimum absolute atomic E-state index is 0.114. The number of nitro groups is 1. The Labute approximate surface area is 198 Å². The number of dihydropyridines is 1. The van der Waals surface area contributed by atoms with E-state index < -0.39 is 16.8 Å². The summed E-state index contributed by atoms with van der Waals surface area (Å²) in [4.78, 5) is 29.6. The Morgan fingerprint density at radius 2 is 1.68 bits per heavy atom. The molecule has 0 saturated carbocycles. The molecule has 7 heteroatoms. The number of ether oxygens (including phenoxy) is 1. The molecule has 1 N–H and O–H groups in total. The largest absolute Gasteiger partial charge is 0.462 e. The molecule has 0 amide bonds. The van der Waals surface area contributed by atoms with Gasteiger partial charge in [-0.2, -0.15) is 0 Å². The van der Waals surface area contributed by atoms with Crippen LogP contribution in [-0.2, 0) is 16.0 Å². The van der Waals surface area contributed by atoms with Crippen molar-refractivity contribution in [1.82, 2.24) is 10.3 Å². The van der Waals surface area contributed by atoms with E-state index in [9.17, 15) is 14.9 Å². The average Bonchev–Trinajstić information content (AvgIpc) is 2.84. The summed E-state index contributed by atoms with van der Waals surface area (Å²) in [7, 11) is 0. The van der Waals surface area contributed by atoms with Crippen LogP contribution in [0, 0.1) is 10.1 Å². The van der Waals surface area contributed by atoms with Gasteiger partial charge in [0.2, 0.25) is 0 Å². The smallest absolute Gasteiger partial charge is 0.337 e. The van der Waals surface area contributed by atoms with Gasteiger partial charge in [0.1, 0.15) is 5.92 Å². The Morgan fingerprint density at radius 3 is 2.35 bits per heavy atom. The summed E-state index contributed by atoms with van der Waals surface area (Å²) < 4.78 is 5.61. The van der Waals surface area contributed by atoms with Gasteiger partial charge < -0.3 is 10.1 Å². The maximum Gasteiger partial charge on any atom is 0.337 e. The normalized spacial score (nSPS) is 15.6. The van der Waals surface area contributed by atoms with E-state index in [1.54, 1.807) is 26.1 Å². The molecule has 0 saturated heterocycles. The summed E-state index contributed by atoms with van der Waals surface area (Å²) in [5.74, 6) is -1.57. The van der Waals surface area contributed by atoms with Crippen molar-refractivity contribution >= 4 is 5.97 Å². The van der Waals surface area contributed by atoms with Crippen molar-refractivity contribution in [3.63, 3.8) is 0 Å². The standard InChI is InChI=1S/C27H25N3O4/c1-18-23(27(31)34-17-15-20-10-5-3-6-11-20)24(26(30(32)33)19(2)29-18)25-22(14-9-16-28-25)21-12-7-4-8-13-21/h3-14,16,24,29H,15,17H2,1-2H3/t24-/m0/s1. The third-order valence-electron chi connectivity index (χ3n) is 5.81. The fraction of sp³-hybridized carbons (Fsp3) is 0.185. The quantitative estimate of drug-likeness (QED) is 0.306. The SMILES string of the molecule is CC1=C(C(=O)OCCc2ccccc2)[C@@H](c2ncccc2-c2ccccc2)C([N+](=O)[O-])=C(C)N1. The van der Waals surface area contributed by atoms with Crippen molar-refractivity contribution < 1.29 is 14.5 Å². The summed E-state index contributed by atoms with van der Waals surface area (Å²) in [5, 5.41) is 15.2. The lowest BCUT2D eigenvalue weighted by Gasteiger charge is -2.27. The van der Waals surface area contributed by atoms with E-state index in [1.165, 1.54) is 0 Å². The minimum Gasteiger partial charge on any atom is -0.462 e. The predicted molar refractivity (Wildman–Crippen MR) is 129 cm³/mol. The molecule has 0 radical (unpaired) electrons. The molecule has 0 aliphatic carbocycles. The fourth-order valence-electron chi connectivity index (χ4n) is 4.26. The molecule has 1 aliphatic heterocycles. The lowest BCUT2D eigenvalue weighted by atomic mass is 9.83. The number of hydrogen-bond acceptors (Lipinski definition) is 6. The minimum atomic E-state index is -0.975. The molecule has 1 aromatic heterocycles. The van der Waals surface area contributed by atoms with Gasteiger partial charge in [0.05, 0.1) is 28.5 Å². The van der Waals surface area contributed by atoms with Crippen molar-refractivity contribution in [3.8, 4) is 11.1 Å². The summed E-state index contributed by atoms with van der Waals surface area (Å²) >= 11 is 0. The van der Waals surface area contributed by atoms with E-state index in [-0.39, 0.29) is 17.9 Å². The van der Waals surface area contributed by atoms with Crippen LogP contribution in [0.15, 0.2) is 102 Å². The maximum absolute atomic E-state index is 13.3. The molecule has 4 rings (SSSR count). The summed E-state index contributed by atoms with van der Waals surface area (Å²) in [6.45, 7) is 3.53. The van der Waals surface area contributed by atoms with E-state index >= 15 is 0 Å². The van der Waals surface area contributed by atoms with Crippen molar-refractivity contribution in [2.45, 2.75) is 26.2 Å². The summed E-state index contributed by atoms with van der Waals surface area (Å²) in [6.07, 6.45) is 2.14. The highest BCUT2D eigenvalue weighted by Crippen LogP contribution is 2.41. The van der Waals surface area contributed by atoms with E-state index in [0.717, 1.165) is 16.7 Å². The zero-order valence-electron chi connectivity index (χ0n) is 19.0. The molecular formula is C27H25N3O4. The number of nitrogens with zero attached hydrogens (tertiary/aromatic N) is 2. The van der Waals surface area contributed by atoms with Gasteiger partial charge in [-0.1, -0.05) is 66.7 Å². The molecule has 34 heavy (non-hydrogen) atoms. The molecule has 2 heterocycles. The Morgan fingerprint density at radius 1 is 1.00 bits per heavy atom. The van der Waals surface area contributed by atoms with Crippen molar-refractivity contribution in [2.24, 2.45) is 0 Å². The van der Waals surface area contributed by atoms with Crippen molar-refractivity contribution in [1.29, 1.82) is 0 Å². The number of carbonyl (C=O) groups is 1. The first-order chi connectivity index (χ1) is 16.5. The monoisotopic (exact) mass is 455 g/mol. The second-order valence-corrected chi connectivity index (χ2v) is 8.04. The average molecular weight is 456 g/mol. The molecule has 172 valence electrons. The highest BCUT2D eigenvalue weighted by atomic mass is 16.6. The highest BCUT2D eigenvalue weighted by Gasteiger charge is 2.42. The number of hydrogen-bond donors (Lipinski definition) is 1. The zero-order valence-corrected chi connectivity index (χ0v) is 19.0. The second kappa shape index (κ2) is 10.1. The van der Waals surface area contributed by atoms with Crippen LogP contribution in [0.4, 0.5) is 0 Å². The van der Waals surface area contributed by atoms with Gasteiger partial charge in [-0.05, 0) is 31.0 Å². The Hall–Kier alpha value is -4.26. The van der Waals surface area contributed by atoms with Crippen LogP contribution in [0.3, 0.4) is 0 Å². The van der Waals surface area contributed by atoms with E-state index in [0.29, 0.717) is 23.5 Å². The van der Waals surface area contributed by atoms with Crippen LogP contribution in [-0.4, -0.2) is 22.5 Å². The number of nitrogens with one attached hydrogen (secondary N) is 1. The number of benzene rings is 2. The van der Waals surface area contributed by atoms with Gasteiger partial charge in [-0.15, -0.1) is 0 Å². The Kier molecular flexibility index (Phi) is 6.82. The molecule has 0 spiro atoms. The first kappa shape index (κ1) is 22.9. The van der Waals surface area contributed by atoms with E-state index in [1.807, 2.05) is 66.7 Å². The van der Waals surface area contributed by atoms with Crippen LogP contribution in [0.25, 0.3) is 11.1 Å². The van der Waals surface area contributed by atoms with Gasteiger partial charge >= 0.3 is 5.97 Å². The predicted octanol–water partition coefficient (Wildman–Crippen LogP) is 5.00. The van der Waals surface area contributed by atoms with Gasteiger partial charge in [0.25, 0.3) is 5.70 Å². The Bertz CT molecular complexity index is 1270. The van der Waals surface area contributed by atoms with E-state index in [4.69, 9.17) is 4.74 Å². The molecule has 7 nitrogen and oxygen atoms in total. The number of esters is 1. The molecular weight excluding hydrogens is 430 g/mol. The molecule has 1 aliphatic rings. The molecule has 3 aromatic rings. The van der Waals surface area contributed by atoms with E-state index in [2.05, 4.69) is 10.3 Å². The van der Waals surface area contributed by atoms with Gasteiger partial charge in [0, 0.05) is 23.9 Å². The third-order valence-corrected chi connectivity index (χ3v) is 5.81. The number of carbonyl (C=O) groups excluding carboxylic acids is 1. The van der Waals surface area contributed by atoms with Crippen LogP contribution in [0.2, 0.25) is 0 Å². The van der Waals surface area contributed by atoms with Crippen LogP contribution in [0.1, 0.15) is 31.0 Å².